The molecule has 19 heavy (non-hydrogen) atoms. The molecule has 0 bridgehead atoms. The summed E-state index contributed by atoms with van der Waals surface area (Å²) in [6.07, 6.45) is 0. The fourth-order valence-electron chi connectivity index (χ4n) is 2.61. The molecule has 1 atom stereocenters. The molecule has 2 rings (SSSR count). The minimum atomic E-state index is -0.0655. The standard InChI is InChI=1S/C16H22N2O/c1-4-18(11-12(2)3)16(19)15-10-17-9-13-7-5-6-8-14(13)15/h5-8,15,17H,2,4,9-11H2,1,3H3. The second-order valence-corrected chi connectivity index (χ2v) is 5.19. The van der Waals surface area contributed by atoms with Crippen LogP contribution in [0.2, 0.25) is 0 Å². The SMILES string of the molecule is C=C(C)CN(CC)C(=O)C1CNCc2ccccc21. The number of carbonyl (C=O) groups excluding carboxylic acids is 1. The highest BCUT2D eigenvalue weighted by molar-refractivity contribution is 5.85. The fourth-order valence-corrected chi connectivity index (χ4v) is 2.61. The molecular formula is C16H22N2O. The van der Waals surface area contributed by atoms with Crippen LogP contribution in [0.1, 0.15) is 30.9 Å². The van der Waals surface area contributed by atoms with Crippen LogP contribution >= 0.6 is 0 Å². The Kier molecular flexibility index (Phi) is 4.38. The lowest BCUT2D eigenvalue weighted by molar-refractivity contribution is -0.132. The van der Waals surface area contributed by atoms with Gasteiger partial charge in [-0.1, -0.05) is 36.4 Å². The lowest BCUT2D eigenvalue weighted by atomic mass is 9.89. The van der Waals surface area contributed by atoms with Gasteiger partial charge in [-0.2, -0.15) is 0 Å². The van der Waals surface area contributed by atoms with Crippen molar-refractivity contribution in [3.63, 3.8) is 0 Å². The molecule has 3 heteroatoms. The summed E-state index contributed by atoms with van der Waals surface area (Å²) in [4.78, 5) is 14.6. The minimum absolute atomic E-state index is 0.0655. The van der Waals surface area contributed by atoms with Crippen LogP contribution in [0.5, 0.6) is 0 Å². The maximum Gasteiger partial charge on any atom is 0.231 e. The maximum absolute atomic E-state index is 12.7. The van der Waals surface area contributed by atoms with Gasteiger partial charge in [0.1, 0.15) is 0 Å². The molecule has 1 unspecified atom stereocenters. The summed E-state index contributed by atoms with van der Waals surface area (Å²) in [5, 5.41) is 3.33. The van der Waals surface area contributed by atoms with E-state index in [4.69, 9.17) is 0 Å². The lowest BCUT2D eigenvalue weighted by Crippen LogP contribution is -2.42. The molecule has 0 spiro atoms. The molecule has 1 aromatic carbocycles. The summed E-state index contributed by atoms with van der Waals surface area (Å²) in [5.74, 6) is 0.134. The summed E-state index contributed by atoms with van der Waals surface area (Å²) in [6, 6.07) is 8.21. The van der Waals surface area contributed by atoms with Gasteiger partial charge in [0.15, 0.2) is 0 Å². The molecule has 1 heterocycles. The van der Waals surface area contributed by atoms with Crippen molar-refractivity contribution in [1.29, 1.82) is 0 Å². The summed E-state index contributed by atoms with van der Waals surface area (Å²) in [7, 11) is 0. The van der Waals surface area contributed by atoms with Gasteiger partial charge in [0.2, 0.25) is 5.91 Å². The van der Waals surface area contributed by atoms with E-state index in [-0.39, 0.29) is 11.8 Å². The Labute approximate surface area is 115 Å². The normalized spacial score (nSPS) is 17.7. The second kappa shape index (κ2) is 6.02. The molecule has 1 amide bonds. The summed E-state index contributed by atoms with van der Waals surface area (Å²) in [6.45, 7) is 10.8. The summed E-state index contributed by atoms with van der Waals surface area (Å²) >= 11 is 0. The quantitative estimate of drug-likeness (QED) is 0.840. The lowest BCUT2D eigenvalue weighted by Gasteiger charge is -2.30. The minimum Gasteiger partial charge on any atom is -0.338 e. The number of carbonyl (C=O) groups is 1. The number of nitrogens with zero attached hydrogens (tertiary/aromatic N) is 1. The predicted octanol–water partition coefficient (Wildman–Crippen LogP) is 2.30. The molecule has 1 aliphatic heterocycles. The van der Waals surface area contributed by atoms with Crippen molar-refractivity contribution >= 4 is 5.91 Å². The van der Waals surface area contributed by atoms with Crippen LogP contribution < -0.4 is 5.32 Å². The first-order valence-electron chi connectivity index (χ1n) is 6.85. The van der Waals surface area contributed by atoms with Crippen LogP contribution in [-0.2, 0) is 11.3 Å². The first-order chi connectivity index (χ1) is 9.13. The number of likely N-dealkylation sites (N-methyl/N-ethyl adjacent to an activating group) is 1. The van der Waals surface area contributed by atoms with Gasteiger partial charge in [-0.25, -0.2) is 0 Å². The average molecular weight is 258 g/mol. The van der Waals surface area contributed by atoms with E-state index in [2.05, 4.69) is 24.0 Å². The van der Waals surface area contributed by atoms with E-state index in [1.807, 2.05) is 30.9 Å². The van der Waals surface area contributed by atoms with Crippen molar-refractivity contribution < 1.29 is 4.79 Å². The third-order valence-electron chi connectivity index (χ3n) is 3.55. The zero-order valence-electron chi connectivity index (χ0n) is 11.8. The van der Waals surface area contributed by atoms with Gasteiger partial charge in [-0.3, -0.25) is 4.79 Å². The second-order valence-electron chi connectivity index (χ2n) is 5.19. The van der Waals surface area contributed by atoms with Crippen LogP contribution in [0.3, 0.4) is 0 Å². The Balaban J connectivity index is 2.22. The largest absolute Gasteiger partial charge is 0.338 e. The van der Waals surface area contributed by atoms with Crippen molar-refractivity contribution in [3.05, 3.63) is 47.5 Å². The molecule has 1 N–H and O–H groups in total. The number of fused-ring (bicyclic) bond motifs is 1. The molecule has 3 nitrogen and oxygen atoms in total. The highest BCUT2D eigenvalue weighted by Gasteiger charge is 2.28. The number of amides is 1. The van der Waals surface area contributed by atoms with E-state index >= 15 is 0 Å². The third kappa shape index (κ3) is 3.04. The van der Waals surface area contributed by atoms with Crippen LogP contribution in [0.4, 0.5) is 0 Å². The number of hydrogen-bond acceptors (Lipinski definition) is 2. The molecule has 0 saturated carbocycles. The summed E-state index contributed by atoms with van der Waals surface area (Å²) in [5.41, 5.74) is 3.43. The Hall–Kier alpha value is -1.61. The Morgan fingerprint density at radius 1 is 1.47 bits per heavy atom. The molecular weight excluding hydrogens is 236 g/mol. The molecule has 0 saturated heterocycles. The zero-order chi connectivity index (χ0) is 13.8. The number of rotatable bonds is 4. The average Bonchev–Trinajstić information content (AvgIpc) is 2.43. The van der Waals surface area contributed by atoms with E-state index in [1.54, 1.807) is 0 Å². The predicted molar refractivity (Wildman–Crippen MR) is 78.0 cm³/mol. The van der Waals surface area contributed by atoms with Gasteiger partial charge in [-0.15, -0.1) is 0 Å². The smallest absolute Gasteiger partial charge is 0.231 e. The van der Waals surface area contributed by atoms with Crippen LogP contribution in [0.25, 0.3) is 0 Å². The van der Waals surface area contributed by atoms with E-state index in [0.29, 0.717) is 6.54 Å². The molecule has 1 aliphatic rings. The Morgan fingerprint density at radius 3 is 2.89 bits per heavy atom. The van der Waals surface area contributed by atoms with Gasteiger partial charge in [-0.05, 0) is 25.0 Å². The van der Waals surface area contributed by atoms with Gasteiger partial charge in [0.25, 0.3) is 0 Å². The van der Waals surface area contributed by atoms with Crippen LogP contribution in [0, 0.1) is 0 Å². The molecule has 0 aromatic heterocycles. The van der Waals surface area contributed by atoms with Crippen molar-refractivity contribution in [2.45, 2.75) is 26.3 Å². The topological polar surface area (TPSA) is 32.3 Å². The van der Waals surface area contributed by atoms with E-state index < -0.39 is 0 Å². The van der Waals surface area contributed by atoms with Crippen molar-refractivity contribution in [1.82, 2.24) is 10.2 Å². The fraction of sp³-hybridized carbons (Fsp3) is 0.438. The number of hydrogen-bond donors (Lipinski definition) is 1. The molecule has 1 aromatic rings. The number of benzene rings is 1. The van der Waals surface area contributed by atoms with Gasteiger partial charge >= 0.3 is 0 Å². The third-order valence-corrected chi connectivity index (χ3v) is 3.55. The van der Waals surface area contributed by atoms with E-state index in [9.17, 15) is 4.79 Å². The van der Waals surface area contributed by atoms with Crippen LogP contribution in [0.15, 0.2) is 36.4 Å². The zero-order valence-corrected chi connectivity index (χ0v) is 11.8. The maximum atomic E-state index is 12.7. The van der Waals surface area contributed by atoms with Crippen molar-refractivity contribution in [2.75, 3.05) is 19.6 Å². The van der Waals surface area contributed by atoms with Crippen molar-refractivity contribution in [3.8, 4) is 0 Å². The molecule has 0 radical (unpaired) electrons. The van der Waals surface area contributed by atoms with E-state index in [1.165, 1.54) is 11.1 Å². The monoisotopic (exact) mass is 258 g/mol. The Morgan fingerprint density at radius 2 is 2.21 bits per heavy atom. The van der Waals surface area contributed by atoms with Gasteiger partial charge in [0, 0.05) is 26.2 Å². The Bertz CT molecular complexity index is 481. The summed E-state index contributed by atoms with van der Waals surface area (Å²) < 4.78 is 0. The number of nitrogens with one attached hydrogen (secondary N) is 1. The first-order valence-corrected chi connectivity index (χ1v) is 6.85. The van der Waals surface area contributed by atoms with Gasteiger partial charge in [0.05, 0.1) is 5.92 Å². The molecule has 0 aliphatic carbocycles. The molecule has 0 fully saturated rings. The highest BCUT2D eigenvalue weighted by atomic mass is 16.2. The van der Waals surface area contributed by atoms with E-state index in [0.717, 1.165) is 25.2 Å². The highest BCUT2D eigenvalue weighted by Crippen LogP contribution is 2.25. The van der Waals surface area contributed by atoms with Crippen molar-refractivity contribution in [2.24, 2.45) is 0 Å². The first kappa shape index (κ1) is 13.8. The van der Waals surface area contributed by atoms with Gasteiger partial charge < -0.3 is 10.2 Å². The van der Waals surface area contributed by atoms with Crippen LogP contribution in [-0.4, -0.2) is 30.4 Å². The molecule has 102 valence electrons.